The molecular formula is C8H6N2OS. The van der Waals surface area contributed by atoms with Crippen LogP contribution in [0.1, 0.15) is 0 Å². The Morgan fingerprint density at radius 1 is 1.33 bits per heavy atom. The Bertz CT molecular complexity index is 499. The molecule has 3 nitrogen and oxygen atoms in total. The van der Waals surface area contributed by atoms with E-state index < -0.39 is 0 Å². The van der Waals surface area contributed by atoms with Crippen molar-refractivity contribution < 1.29 is 4.21 Å². The number of H-pyrrole nitrogens is 1. The van der Waals surface area contributed by atoms with Crippen LogP contribution < -0.4 is 0 Å². The highest BCUT2D eigenvalue weighted by Crippen LogP contribution is 2.07. The predicted molar refractivity (Wildman–Crippen MR) is 47.5 cm³/mol. The Balaban J connectivity index is 2.94. The van der Waals surface area contributed by atoms with E-state index in [1.54, 1.807) is 6.07 Å². The Morgan fingerprint density at radius 2 is 2.17 bits per heavy atom. The monoisotopic (exact) mass is 178 g/mol. The van der Waals surface area contributed by atoms with Gasteiger partial charge in [0.1, 0.15) is 11.3 Å². The summed E-state index contributed by atoms with van der Waals surface area (Å²) < 4.78 is 11.0. The van der Waals surface area contributed by atoms with Gasteiger partial charge in [0.15, 0.2) is 4.64 Å². The summed E-state index contributed by atoms with van der Waals surface area (Å²) in [5.41, 5.74) is 0.871. The fourth-order valence-electron chi connectivity index (χ4n) is 1.04. The molecule has 0 spiro atoms. The maximum atomic E-state index is 10.4. The molecule has 0 saturated heterocycles. The maximum Gasteiger partial charge on any atom is 0.150 e. The van der Waals surface area contributed by atoms with Gasteiger partial charge in [0.25, 0.3) is 0 Å². The number of hydrogen-bond acceptors (Lipinski definition) is 2. The fraction of sp³-hybridized carbons (Fsp3) is 0. The van der Waals surface area contributed by atoms with E-state index >= 15 is 0 Å². The van der Waals surface area contributed by atoms with Crippen LogP contribution in [0.4, 0.5) is 0 Å². The van der Waals surface area contributed by atoms with Crippen LogP contribution in [0.3, 0.4) is 0 Å². The van der Waals surface area contributed by atoms with Crippen LogP contribution in [0.5, 0.6) is 0 Å². The highest BCUT2D eigenvalue weighted by molar-refractivity contribution is 7.56. The number of nitrogens with one attached hydrogen (secondary N) is 1. The quantitative estimate of drug-likeness (QED) is 0.618. The van der Waals surface area contributed by atoms with Gasteiger partial charge in [-0.25, -0.2) is 4.21 Å². The summed E-state index contributed by atoms with van der Waals surface area (Å²) in [7, 11) is 0. The average Bonchev–Trinajstić information content (AvgIpc) is 2.17. The maximum absolute atomic E-state index is 10.4. The first kappa shape index (κ1) is 7.24. The van der Waals surface area contributed by atoms with Crippen molar-refractivity contribution in [3.8, 4) is 0 Å². The molecule has 0 fully saturated rings. The van der Waals surface area contributed by atoms with Gasteiger partial charge in [-0.05, 0) is 12.1 Å². The minimum atomic E-state index is 0.416. The summed E-state index contributed by atoms with van der Waals surface area (Å²) in [4.78, 5) is 0. The van der Waals surface area contributed by atoms with E-state index in [1.807, 2.05) is 24.3 Å². The molecule has 2 rings (SSSR count). The van der Waals surface area contributed by atoms with E-state index in [-0.39, 0.29) is 0 Å². The molecule has 12 heavy (non-hydrogen) atoms. The molecular weight excluding hydrogens is 172 g/mol. The summed E-state index contributed by atoms with van der Waals surface area (Å²) in [6, 6.07) is 9.44. The molecule has 1 N–H and O–H groups in total. The second-order valence-corrected chi connectivity index (χ2v) is 2.98. The number of fused-ring (bicyclic) bond motifs is 1. The van der Waals surface area contributed by atoms with Crippen LogP contribution in [0.2, 0.25) is 0 Å². The number of aromatic amines is 1. The standard InChI is InChI=1S/C8H6N2OS/c11-12-8-5-6-3-1-2-4-7(6)9-10-8/h1-5,10H. The lowest BCUT2D eigenvalue weighted by atomic mass is 10.2. The Hall–Kier alpha value is -1.42. The predicted octanol–water partition coefficient (Wildman–Crippen LogP) is 1.31. The molecule has 0 saturated carbocycles. The van der Waals surface area contributed by atoms with Gasteiger partial charge < -0.3 is 0 Å². The van der Waals surface area contributed by atoms with Gasteiger partial charge in [-0.3, -0.25) is 5.10 Å². The second kappa shape index (κ2) is 2.91. The van der Waals surface area contributed by atoms with Crippen molar-refractivity contribution in [2.45, 2.75) is 0 Å². The largest absolute Gasteiger partial charge is 0.265 e. The molecule has 0 aliphatic rings. The number of para-hydroxylation sites is 1. The highest BCUT2D eigenvalue weighted by Gasteiger charge is 1.90. The first-order valence-electron chi connectivity index (χ1n) is 3.47. The van der Waals surface area contributed by atoms with E-state index in [9.17, 15) is 4.21 Å². The molecule has 0 aliphatic heterocycles. The van der Waals surface area contributed by atoms with E-state index in [0.29, 0.717) is 15.9 Å². The van der Waals surface area contributed by atoms with Crippen LogP contribution in [0.25, 0.3) is 10.9 Å². The molecule has 0 unspecified atom stereocenters. The molecule has 0 atom stereocenters. The first-order chi connectivity index (χ1) is 5.90. The molecule has 0 radical (unpaired) electrons. The molecule has 0 amide bonds. The summed E-state index contributed by atoms with van der Waals surface area (Å²) in [5, 5.41) is 7.65. The van der Waals surface area contributed by atoms with Gasteiger partial charge in [-0.1, -0.05) is 18.2 Å². The van der Waals surface area contributed by atoms with Crippen molar-refractivity contribution in [3.05, 3.63) is 35.0 Å². The lowest BCUT2D eigenvalue weighted by molar-refractivity contribution is 0.699. The highest BCUT2D eigenvalue weighted by atomic mass is 32.1. The van der Waals surface area contributed by atoms with Gasteiger partial charge in [-0.15, -0.1) is 0 Å². The number of rotatable bonds is 0. The third kappa shape index (κ3) is 1.16. The van der Waals surface area contributed by atoms with E-state index in [1.165, 1.54) is 0 Å². The molecule has 4 heteroatoms. The second-order valence-electron chi connectivity index (χ2n) is 2.37. The Morgan fingerprint density at radius 3 is 3.00 bits per heavy atom. The van der Waals surface area contributed by atoms with Crippen LogP contribution >= 0.6 is 0 Å². The van der Waals surface area contributed by atoms with Crippen molar-refractivity contribution in [3.63, 3.8) is 0 Å². The van der Waals surface area contributed by atoms with Crippen molar-refractivity contribution in [1.82, 2.24) is 10.2 Å². The molecule has 2 aromatic rings. The fourth-order valence-corrected chi connectivity index (χ4v) is 1.30. The molecule has 1 aromatic heterocycles. The van der Waals surface area contributed by atoms with Crippen LogP contribution in [0.15, 0.2) is 30.3 Å². The zero-order valence-corrected chi connectivity index (χ0v) is 6.97. The molecule has 0 bridgehead atoms. The Labute approximate surface area is 72.1 Å². The van der Waals surface area contributed by atoms with E-state index in [2.05, 4.69) is 10.2 Å². The Kier molecular flexibility index (Phi) is 1.75. The smallest absolute Gasteiger partial charge is 0.150 e. The molecule has 1 aromatic carbocycles. The summed E-state index contributed by atoms with van der Waals surface area (Å²) >= 11 is 0.416. The van der Waals surface area contributed by atoms with Gasteiger partial charge in [0.2, 0.25) is 0 Å². The SMILES string of the molecule is O=S=c1cc2ccccc2n[nH]1. The zero-order valence-electron chi connectivity index (χ0n) is 6.15. The average molecular weight is 178 g/mol. The van der Waals surface area contributed by atoms with Crippen molar-refractivity contribution in [2.75, 3.05) is 0 Å². The van der Waals surface area contributed by atoms with Crippen LogP contribution in [0, 0.1) is 4.64 Å². The van der Waals surface area contributed by atoms with E-state index in [4.69, 9.17) is 0 Å². The minimum absolute atomic E-state index is 0.416. The van der Waals surface area contributed by atoms with Crippen molar-refractivity contribution in [2.24, 2.45) is 0 Å². The molecule has 0 aliphatic carbocycles. The van der Waals surface area contributed by atoms with Crippen LogP contribution in [-0.4, -0.2) is 14.4 Å². The number of hydrogen-bond donors (Lipinski definition) is 1. The number of nitrogens with zero attached hydrogens (tertiary/aromatic N) is 1. The van der Waals surface area contributed by atoms with Gasteiger partial charge >= 0.3 is 0 Å². The number of benzene rings is 1. The molecule has 60 valence electrons. The van der Waals surface area contributed by atoms with Crippen molar-refractivity contribution in [1.29, 1.82) is 0 Å². The summed E-state index contributed by atoms with van der Waals surface area (Å²) in [5.74, 6) is 0. The topological polar surface area (TPSA) is 45.8 Å². The summed E-state index contributed by atoms with van der Waals surface area (Å²) in [6.07, 6.45) is 0. The molecule has 1 heterocycles. The van der Waals surface area contributed by atoms with E-state index in [0.717, 1.165) is 10.9 Å². The van der Waals surface area contributed by atoms with Crippen LogP contribution in [-0.2, 0) is 11.3 Å². The third-order valence-corrected chi connectivity index (χ3v) is 1.99. The first-order valence-corrected chi connectivity index (χ1v) is 4.21. The zero-order chi connectivity index (χ0) is 8.39. The van der Waals surface area contributed by atoms with Gasteiger partial charge in [0, 0.05) is 5.39 Å². The van der Waals surface area contributed by atoms with Gasteiger partial charge in [-0.2, -0.15) is 5.10 Å². The minimum Gasteiger partial charge on any atom is -0.265 e. The third-order valence-electron chi connectivity index (χ3n) is 1.60. The number of aromatic nitrogens is 2. The lowest BCUT2D eigenvalue weighted by Gasteiger charge is -1.92. The van der Waals surface area contributed by atoms with Crippen molar-refractivity contribution >= 4 is 22.2 Å². The lowest BCUT2D eigenvalue weighted by Crippen LogP contribution is -1.83. The summed E-state index contributed by atoms with van der Waals surface area (Å²) in [6.45, 7) is 0. The normalized spacial score (nSPS) is 10.0. The van der Waals surface area contributed by atoms with Gasteiger partial charge in [0.05, 0.1) is 5.52 Å².